The van der Waals surface area contributed by atoms with Gasteiger partial charge in [0.1, 0.15) is 5.60 Å². The van der Waals surface area contributed by atoms with Crippen molar-refractivity contribution < 1.29 is 9.53 Å². The molecule has 2 aliphatic heterocycles. The smallest absolute Gasteiger partial charge is 0.410 e. The number of carbonyl (C=O) groups excluding carboxylic acids is 1. The number of hydrogen-bond acceptors (Lipinski definition) is 4. The number of piperazine rings is 1. The highest BCUT2D eigenvalue weighted by Gasteiger charge is 2.33. The van der Waals surface area contributed by atoms with Crippen molar-refractivity contribution >= 4 is 33.4 Å². The number of amides is 1. The summed E-state index contributed by atoms with van der Waals surface area (Å²) in [6, 6.07) is 6.67. The van der Waals surface area contributed by atoms with Gasteiger partial charge in [-0.2, -0.15) is 0 Å². The Labute approximate surface area is 146 Å². The molecule has 0 aliphatic carbocycles. The zero-order chi connectivity index (χ0) is 16.6. The molecule has 1 aromatic rings. The standard InChI is InChI=1S/C17H24BrN3O2/c1-17(2,3)23-16(22)20-8-9-21-13(11-20)6-7-19-14-10-12(18)4-5-15(14)21/h4-5,10,13,19H,6-9,11H2,1-3H3. The van der Waals surface area contributed by atoms with E-state index in [1.807, 2.05) is 25.7 Å². The molecule has 1 fully saturated rings. The first-order valence-corrected chi connectivity index (χ1v) is 8.91. The number of fused-ring (bicyclic) bond motifs is 3. The van der Waals surface area contributed by atoms with E-state index in [-0.39, 0.29) is 6.09 Å². The average molecular weight is 382 g/mol. The van der Waals surface area contributed by atoms with Crippen molar-refractivity contribution in [3.63, 3.8) is 0 Å². The van der Waals surface area contributed by atoms with E-state index in [2.05, 4.69) is 44.3 Å². The second kappa shape index (κ2) is 6.23. The van der Waals surface area contributed by atoms with Crippen LogP contribution in [0.4, 0.5) is 16.2 Å². The molecule has 126 valence electrons. The molecule has 6 heteroatoms. The van der Waals surface area contributed by atoms with E-state index in [9.17, 15) is 4.79 Å². The maximum atomic E-state index is 12.3. The molecule has 1 unspecified atom stereocenters. The van der Waals surface area contributed by atoms with E-state index in [0.717, 1.165) is 29.7 Å². The molecule has 1 amide bonds. The molecular formula is C17H24BrN3O2. The van der Waals surface area contributed by atoms with Gasteiger partial charge < -0.3 is 19.9 Å². The number of anilines is 2. The van der Waals surface area contributed by atoms with E-state index >= 15 is 0 Å². The first-order valence-electron chi connectivity index (χ1n) is 8.11. The number of nitrogens with one attached hydrogen (secondary N) is 1. The molecule has 0 aromatic heterocycles. The average Bonchev–Trinajstić information content (AvgIpc) is 2.63. The Morgan fingerprint density at radius 2 is 2.13 bits per heavy atom. The zero-order valence-electron chi connectivity index (χ0n) is 13.9. The fraction of sp³-hybridized carbons (Fsp3) is 0.588. The lowest BCUT2D eigenvalue weighted by atomic mass is 10.1. The van der Waals surface area contributed by atoms with Crippen LogP contribution in [0.5, 0.6) is 0 Å². The molecule has 5 nitrogen and oxygen atoms in total. The molecular weight excluding hydrogens is 358 g/mol. The number of carbonyl (C=O) groups is 1. The van der Waals surface area contributed by atoms with Gasteiger partial charge in [0.2, 0.25) is 0 Å². The van der Waals surface area contributed by atoms with Crippen LogP contribution in [0.15, 0.2) is 22.7 Å². The van der Waals surface area contributed by atoms with Gasteiger partial charge in [0.25, 0.3) is 0 Å². The summed E-state index contributed by atoms with van der Waals surface area (Å²) in [5.74, 6) is 0. The normalized spacial score (nSPS) is 21.0. The van der Waals surface area contributed by atoms with E-state index in [1.54, 1.807) is 0 Å². The lowest BCUT2D eigenvalue weighted by Gasteiger charge is -2.42. The highest BCUT2D eigenvalue weighted by molar-refractivity contribution is 9.10. The quantitative estimate of drug-likeness (QED) is 0.744. The first kappa shape index (κ1) is 16.4. The van der Waals surface area contributed by atoms with Crippen molar-refractivity contribution in [2.24, 2.45) is 0 Å². The minimum absolute atomic E-state index is 0.203. The number of nitrogens with zero attached hydrogens (tertiary/aromatic N) is 2. The van der Waals surface area contributed by atoms with Crippen molar-refractivity contribution in [2.45, 2.75) is 38.8 Å². The summed E-state index contributed by atoms with van der Waals surface area (Å²) in [6.07, 6.45) is 0.802. The van der Waals surface area contributed by atoms with Gasteiger partial charge >= 0.3 is 6.09 Å². The molecule has 3 rings (SSSR count). The molecule has 2 aliphatic rings. The number of ether oxygens (including phenoxy) is 1. The second-order valence-corrected chi connectivity index (χ2v) is 8.07. The van der Waals surface area contributed by atoms with Gasteiger partial charge in [-0.05, 0) is 45.4 Å². The predicted octanol–water partition coefficient (Wildman–Crippen LogP) is 3.69. The molecule has 0 spiro atoms. The van der Waals surface area contributed by atoms with Gasteiger partial charge in [0.15, 0.2) is 0 Å². The fourth-order valence-corrected chi connectivity index (χ4v) is 3.55. The van der Waals surface area contributed by atoms with Gasteiger partial charge in [0.05, 0.1) is 11.4 Å². The number of benzene rings is 1. The first-order chi connectivity index (χ1) is 10.8. The maximum absolute atomic E-state index is 12.3. The van der Waals surface area contributed by atoms with Crippen LogP contribution in [0.3, 0.4) is 0 Å². The van der Waals surface area contributed by atoms with Gasteiger partial charge in [-0.1, -0.05) is 15.9 Å². The highest BCUT2D eigenvalue weighted by Crippen LogP contribution is 2.34. The zero-order valence-corrected chi connectivity index (χ0v) is 15.5. The lowest BCUT2D eigenvalue weighted by molar-refractivity contribution is 0.0213. The van der Waals surface area contributed by atoms with Crippen molar-refractivity contribution in [3.05, 3.63) is 22.7 Å². The highest BCUT2D eigenvalue weighted by atomic mass is 79.9. The predicted molar refractivity (Wildman–Crippen MR) is 96.2 cm³/mol. The number of rotatable bonds is 0. The molecule has 1 aromatic carbocycles. The lowest BCUT2D eigenvalue weighted by Crippen LogP contribution is -2.55. The van der Waals surface area contributed by atoms with Crippen LogP contribution in [0.1, 0.15) is 27.2 Å². The van der Waals surface area contributed by atoms with Crippen LogP contribution >= 0.6 is 15.9 Å². The minimum Gasteiger partial charge on any atom is -0.444 e. The molecule has 23 heavy (non-hydrogen) atoms. The third-order valence-electron chi connectivity index (χ3n) is 4.20. The van der Waals surface area contributed by atoms with Crippen LogP contribution in [0.25, 0.3) is 0 Å². The maximum Gasteiger partial charge on any atom is 0.410 e. The SMILES string of the molecule is CC(C)(C)OC(=O)N1CCN2c3ccc(Br)cc3NCCC2C1. The summed E-state index contributed by atoms with van der Waals surface area (Å²) < 4.78 is 6.60. The summed E-state index contributed by atoms with van der Waals surface area (Å²) in [7, 11) is 0. The molecule has 1 atom stereocenters. The summed E-state index contributed by atoms with van der Waals surface area (Å²) >= 11 is 3.53. The van der Waals surface area contributed by atoms with Crippen molar-refractivity contribution in [2.75, 3.05) is 36.4 Å². The number of halogens is 1. The van der Waals surface area contributed by atoms with Crippen LogP contribution in [0.2, 0.25) is 0 Å². The van der Waals surface area contributed by atoms with Gasteiger partial charge in [0, 0.05) is 36.7 Å². The Balaban J connectivity index is 1.75. The Morgan fingerprint density at radius 1 is 1.35 bits per heavy atom. The topological polar surface area (TPSA) is 44.8 Å². The molecule has 0 radical (unpaired) electrons. The third-order valence-corrected chi connectivity index (χ3v) is 4.69. The van der Waals surface area contributed by atoms with E-state index in [0.29, 0.717) is 19.1 Å². The van der Waals surface area contributed by atoms with E-state index in [4.69, 9.17) is 4.74 Å². The Kier molecular flexibility index (Phi) is 4.45. The van der Waals surface area contributed by atoms with Crippen LogP contribution in [0, 0.1) is 0 Å². The minimum atomic E-state index is -0.446. The molecule has 1 N–H and O–H groups in total. The van der Waals surface area contributed by atoms with E-state index in [1.165, 1.54) is 5.69 Å². The molecule has 0 bridgehead atoms. The van der Waals surface area contributed by atoms with Gasteiger partial charge in [-0.3, -0.25) is 0 Å². The van der Waals surface area contributed by atoms with Crippen LogP contribution < -0.4 is 10.2 Å². The largest absolute Gasteiger partial charge is 0.444 e. The van der Waals surface area contributed by atoms with Crippen molar-refractivity contribution in [3.8, 4) is 0 Å². The Bertz CT molecular complexity index is 600. The summed E-state index contributed by atoms with van der Waals surface area (Å²) in [5.41, 5.74) is 1.94. The van der Waals surface area contributed by atoms with Crippen molar-refractivity contribution in [1.29, 1.82) is 0 Å². The van der Waals surface area contributed by atoms with Gasteiger partial charge in [-0.25, -0.2) is 4.79 Å². The number of hydrogen-bond donors (Lipinski definition) is 1. The monoisotopic (exact) mass is 381 g/mol. The van der Waals surface area contributed by atoms with Crippen molar-refractivity contribution in [1.82, 2.24) is 4.90 Å². The second-order valence-electron chi connectivity index (χ2n) is 7.15. The summed E-state index contributed by atoms with van der Waals surface area (Å²) in [6.45, 7) is 8.88. The fourth-order valence-electron chi connectivity index (χ4n) is 3.19. The van der Waals surface area contributed by atoms with Crippen LogP contribution in [-0.2, 0) is 4.74 Å². The molecule has 2 heterocycles. The van der Waals surface area contributed by atoms with Gasteiger partial charge in [-0.15, -0.1) is 0 Å². The van der Waals surface area contributed by atoms with E-state index < -0.39 is 5.60 Å². The Morgan fingerprint density at radius 3 is 2.87 bits per heavy atom. The van der Waals surface area contributed by atoms with Crippen LogP contribution in [-0.4, -0.2) is 48.8 Å². The third kappa shape index (κ3) is 3.74. The molecule has 1 saturated heterocycles. The summed E-state index contributed by atoms with van der Waals surface area (Å²) in [4.78, 5) is 16.6. The summed E-state index contributed by atoms with van der Waals surface area (Å²) in [5, 5.41) is 3.50. The Hall–Kier alpha value is -1.43. The molecule has 0 saturated carbocycles.